The molecular weight excluding hydrogens is 174 g/mol. The number of aliphatic hydroxyl groups is 1. The summed E-state index contributed by atoms with van der Waals surface area (Å²) in [4.78, 5) is 0. The Morgan fingerprint density at radius 2 is 2.42 bits per heavy atom. The number of allylic oxidation sites excluding steroid dienone is 1. The highest BCUT2D eigenvalue weighted by molar-refractivity contribution is 5.85. The summed E-state index contributed by atoms with van der Waals surface area (Å²) in [7, 11) is 0. The van der Waals surface area contributed by atoms with Crippen LogP contribution in [0.25, 0.3) is 0 Å². The van der Waals surface area contributed by atoms with Gasteiger partial charge in [-0.05, 0) is 25.2 Å². The number of rotatable bonds is 2. The van der Waals surface area contributed by atoms with E-state index in [9.17, 15) is 5.11 Å². The van der Waals surface area contributed by atoms with Gasteiger partial charge in [0, 0.05) is 12.0 Å². The monoisotopic (exact) mass is 189 g/mol. The maximum absolute atomic E-state index is 9.66. The lowest BCUT2D eigenvalue weighted by molar-refractivity contribution is 0.0721. The highest BCUT2D eigenvalue weighted by atomic mass is 35.5. The lowest BCUT2D eigenvalue weighted by Gasteiger charge is -2.28. The van der Waals surface area contributed by atoms with Crippen molar-refractivity contribution in [3.63, 3.8) is 0 Å². The molecule has 0 aliphatic heterocycles. The number of hydrogen-bond donors (Lipinski definition) is 2. The van der Waals surface area contributed by atoms with Crippen molar-refractivity contribution in [1.82, 2.24) is 0 Å². The number of fused-ring (bicyclic) bond motifs is 2. The molecule has 0 spiro atoms. The summed E-state index contributed by atoms with van der Waals surface area (Å²) < 4.78 is 0. The van der Waals surface area contributed by atoms with Gasteiger partial charge in [0.2, 0.25) is 0 Å². The van der Waals surface area contributed by atoms with Gasteiger partial charge in [0.15, 0.2) is 0 Å². The molecule has 0 amide bonds. The predicted octanol–water partition coefficient (Wildman–Crippen LogP) is 1.08. The first-order valence-corrected chi connectivity index (χ1v) is 4.34. The molecule has 12 heavy (non-hydrogen) atoms. The zero-order valence-electron chi connectivity index (χ0n) is 7.07. The van der Waals surface area contributed by atoms with E-state index in [-0.39, 0.29) is 23.9 Å². The molecule has 2 aliphatic carbocycles. The number of halogens is 1. The molecule has 0 aromatic heterocycles. The summed E-state index contributed by atoms with van der Waals surface area (Å²) in [5.41, 5.74) is 5.52. The van der Waals surface area contributed by atoms with Gasteiger partial charge in [0.1, 0.15) is 0 Å². The summed E-state index contributed by atoms with van der Waals surface area (Å²) in [5, 5.41) is 9.66. The standard InChI is InChI=1S/C9H15NO.ClH/c10-6-8(11)9-3-1-7(5-9)2-4-9;/h1,3,7-8,11H,2,4-6,10H2;1H. The Bertz CT molecular complexity index is 195. The molecule has 1 fully saturated rings. The fourth-order valence-corrected chi connectivity index (χ4v) is 2.44. The molecule has 2 aliphatic rings. The molecule has 2 nitrogen and oxygen atoms in total. The van der Waals surface area contributed by atoms with E-state index in [0.29, 0.717) is 6.54 Å². The average molecular weight is 190 g/mol. The third kappa shape index (κ3) is 1.28. The Morgan fingerprint density at radius 1 is 1.67 bits per heavy atom. The molecule has 0 aromatic carbocycles. The van der Waals surface area contributed by atoms with Gasteiger partial charge in [-0.25, -0.2) is 0 Å². The summed E-state index contributed by atoms with van der Waals surface area (Å²) >= 11 is 0. The van der Waals surface area contributed by atoms with Crippen LogP contribution >= 0.6 is 12.4 Å². The molecule has 2 bridgehead atoms. The maximum atomic E-state index is 9.66. The van der Waals surface area contributed by atoms with Crippen LogP contribution in [0.2, 0.25) is 0 Å². The van der Waals surface area contributed by atoms with Gasteiger partial charge in [-0.2, -0.15) is 0 Å². The second-order valence-electron chi connectivity index (χ2n) is 3.85. The highest BCUT2D eigenvalue weighted by Crippen LogP contribution is 2.50. The van der Waals surface area contributed by atoms with Crippen LogP contribution < -0.4 is 5.73 Å². The summed E-state index contributed by atoms with van der Waals surface area (Å²) in [6.07, 6.45) is 7.61. The summed E-state index contributed by atoms with van der Waals surface area (Å²) in [5.74, 6) is 0.733. The largest absolute Gasteiger partial charge is 0.391 e. The third-order valence-corrected chi connectivity index (χ3v) is 3.21. The Hall–Kier alpha value is -0.0500. The van der Waals surface area contributed by atoms with E-state index >= 15 is 0 Å². The van der Waals surface area contributed by atoms with Gasteiger partial charge in [-0.1, -0.05) is 12.2 Å². The Balaban J connectivity index is 0.000000720. The van der Waals surface area contributed by atoms with Gasteiger partial charge in [0.05, 0.1) is 6.10 Å². The quantitative estimate of drug-likeness (QED) is 0.639. The molecule has 3 heteroatoms. The molecular formula is C9H16ClNO. The second-order valence-corrected chi connectivity index (χ2v) is 3.85. The minimum Gasteiger partial charge on any atom is -0.391 e. The zero-order chi connectivity index (χ0) is 7.90. The maximum Gasteiger partial charge on any atom is 0.0753 e. The smallest absolute Gasteiger partial charge is 0.0753 e. The van der Waals surface area contributed by atoms with Crippen LogP contribution in [0.4, 0.5) is 0 Å². The van der Waals surface area contributed by atoms with Crippen LogP contribution in [0.1, 0.15) is 19.3 Å². The predicted molar refractivity (Wildman–Crippen MR) is 51.2 cm³/mol. The van der Waals surface area contributed by atoms with Crippen LogP contribution in [0.3, 0.4) is 0 Å². The van der Waals surface area contributed by atoms with Crippen molar-refractivity contribution < 1.29 is 5.11 Å². The first-order valence-electron chi connectivity index (χ1n) is 4.34. The van der Waals surface area contributed by atoms with Gasteiger partial charge < -0.3 is 10.8 Å². The van der Waals surface area contributed by atoms with Crippen molar-refractivity contribution in [3.05, 3.63) is 12.2 Å². The minimum atomic E-state index is -0.314. The normalized spacial score (nSPS) is 39.7. The Morgan fingerprint density at radius 3 is 2.75 bits per heavy atom. The second kappa shape index (κ2) is 3.36. The fourth-order valence-electron chi connectivity index (χ4n) is 2.44. The summed E-state index contributed by atoms with van der Waals surface area (Å²) in [6, 6.07) is 0. The van der Waals surface area contributed by atoms with Crippen LogP contribution in [0.15, 0.2) is 12.2 Å². The van der Waals surface area contributed by atoms with Gasteiger partial charge >= 0.3 is 0 Å². The van der Waals surface area contributed by atoms with Crippen molar-refractivity contribution in [3.8, 4) is 0 Å². The molecule has 3 unspecified atom stereocenters. The van der Waals surface area contributed by atoms with E-state index in [4.69, 9.17) is 5.73 Å². The zero-order valence-corrected chi connectivity index (χ0v) is 7.89. The topological polar surface area (TPSA) is 46.2 Å². The van der Waals surface area contributed by atoms with Crippen LogP contribution in [0.5, 0.6) is 0 Å². The van der Waals surface area contributed by atoms with E-state index in [1.807, 2.05) is 0 Å². The number of aliphatic hydroxyl groups excluding tert-OH is 1. The van der Waals surface area contributed by atoms with Crippen molar-refractivity contribution in [2.24, 2.45) is 17.1 Å². The molecule has 0 heterocycles. The van der Waals surface area contributed by atoms with Gasteiger partial charge in [-0.15, -0.1) is 12.4 Å². The Labute approximate surface area is 79.2 Å². The van der Waals surface area contributed by atoms with E-state index in [1.165, 1.54) is 6.42 Å². The lowest BCUT2D eigenvalue weighted by atomic mass is 9.82. The molecule has 70 valence electrons. The lowest BCUT2D eigenvalue weighted by Crippen LogP contribution is -2.36. The first-order chi connectivity index (χ1) is 5.27. The van der Waals surface area contributed by atoms with Crippen molar-refractivity contribution >= 4 is 12.4 Å². The van der Waals surface area contributed by atoms with E-state index in [0.717, 1.165) is 18.8 Å². The van der Waals surface area contributed by atoms with E-state index in [1.54, 1.807) is 0 Å². The molecule has 0 radical (unpaired) electrons. The molecule has 2 rings (SSSR count). The first kappa shape index (κ1) is 10.0. The number of nitrogens with two attached hydrogens (primary N) is 1. The van der Waals surface area contributed by atoms with Crippen LogP contribution in [0, 0.1) is 11.3 Å². The van der Waals surface area contributed by atoms with Gasteiger partial charge in [-0.3, -0.25) is 0 Å². The highest BCUT2D eigenvalue weighted by Gasteiger charge is 2.44. The Kier molecular flexibility index (Phi) is 2.81. The fraction of sp³-hybridized carbons (Fsp3) is 0.778. The van der Waals surface area contributed by atoms with Crippen molar-refractivity contribution in [1.29, 1.82) is 0 Å². The number of hydrogen-bond acceptors (Lipinski definition) is 2. The molecule has 1 saturated carbocycles. The average Bonchev–Trinajstić information content (AvgIpc) is 2.62. The van der Waals surface area contributed by atoms with E-state index < -0.39 is 0 Å². The van der Waals surface area contributed by atoms with Crippen molar-refractivity contribution in [2.45, 2.75) is 25.4 Å². The molecule has 3 atom stereocenters. The molecule has 3 N–H and O–H groups in total. The molecule has 0 aromatic rings. The molecule has 0 saturated heterocycles. The SMILES string of the molecule is Cl.NCC(O)C12C=CC(CC1)C2. The van der Waals surface area contributed by atoms with Crippen LogP contribution in [-0.4, -0.2) is 17.8 Å². The summed E-state index contributed by atoms with van der Waals surface area (Å²) in [6.45, 7) is 0.400. The third-order valence-electron chi connectivity index (χ3n) is 3.21. The van der Waals surface area contributed by atoms with Crippen molar-refractivity contribution in [2.75, 3.05) is 6.54 Å². The van der Waals surface area contributed by atoms with Crippen LogP contribution in [-0.2, 0) is 0 Å². The van der Waals surface area contributed by atoms with E-state index in [2.05, 4.69) is 12.2 Å². The van der Waals surface area contributed by atoms with Gasteiger partial charge in [0.25, 0.3) is 0 Å². The minimum absolute atomic E-state index is 0.